The SMILES string of the molecule is CCNCc1ccc(F)c(CN(C)CC2CCCN2C)c1. The van der Waals surface area contributed by atoms with E-state index in [9.17, 15) is 4.39 Å². The maximum atomic E-state index is 14.0. The number of nitrogens with zero attached hydrogens (tertiary/aromatic N) is 2. The number of hydrogen-bond acceptors (Lipinski definition) is 3. The molecule has 0 saturated carbocycles. The van der Waals surface area contributed by atoms with E-state index in [2.05, 4.69) is 36.1 Å². The first-order valence-electron chi connectivity index (χ1n) is 7.97. The molecule has 0 radical (unpaired) electrons. The van der Waals surface area contributed by atoms with E-state index in [0.29, 0.717) is 12.6 Å². The molecule has 1 unspecified atom stereocenters. The monoisotopic (exact) mass is 293 g/mol. The second-order valence-electron chi connectivity index (χ2n) is 6.18. The summed E-state index contributed by atoms with van der Waals surface area (Å²) in [5.41, 5.74) is 1.95. The molecule has 0 amide bonds. The van der Waals surface area contributed by atoms with Gasteiger partial charge >= 0.3 is 0 Å². The van der Waals surface area contributed by atoms with E-state index < -0.39 is 0 Å². The Hall–Kier alpha value is -0.970. The smallest absolute Gasteiger partial charge is 0.127 e. The summed E-state index contributed by atoms with van der Waals surface area (Å²) in [6.45, 7) is 6.68. The lowest BCUT2D eigenvalue weighted by Gasteiger charge is -2.26. The van der Waals surface area contributed by atoms with Crippen molar-refractivity contribution in [2.75, 3.05) is 33.7 Å². The van der Waals surface area contributed by atoms with Crippen LogP contribution in [0.4, 0.5) is 4.39 Å². The van der Waals surface area contributed by atoms with Crippen LogP contribution in [0.5, 0.6) is 0 Å². The Morgan fingerprint density at radius 3 is 2.90 bits per heavy atom. The fourth-order valence-corrected chi connectivity index (χ4v) is 3.05. The van der Waals surface area contributed by atoms with Crippen molar-refractivity contribution < 1.29 is 4.39 Å². The van der Waals surface area contributed by atoms with Gasteiger partial charge in [-0.2, -0.15) is 0 Å². The van der Waals surface area contributed by atoms with Crippen LogP contribution in [-0.4, -0.2) is 49.6 Å². The topological polar surface area (TPSA) is 18.5 Å². The minimum absolute atomic E-state index is 0.0955. The number of likely N-dealkylation sites (tertiary alicyclic amines) is 1. The molecule has 4 heteroatoms. The van der Waals surface area contributed by atoms with Gasteiger partial charge in [-0.3, -0.25) is 0 Å². The number of benzene rings is 1. The number of halogens is 1. The highest BCUT2D eigenvalue weighted by Gasteiger charge is 2.22. The highest BCUT2D eigenvalue weighted by atomic mass is 19.1. The molecule has 1 aliphatic heterocycles. The van der Waals surface area contributed by atoms with Gasteiger partial charge < -0.3 is 15.1 Å². The minimum atomic E-state index is -0.0955. The molecule has 0 aromatic heterocycles. The lowest BCUT2D eigenvalue weighted by molar-refractivity contribution is 0.214. The summed E-state index contributed by atoms with van der Waals surface area (Å²) in [6, 6.07) is 6.07. The van der Waals surface area contributed by atoms with E-state index >= 15 is 0 Å². The minimum Gasteiger partial charge on any atom is -0.313 e. The van der Waals surface area contributed by atoms with Crippen LogP contribution >= 0.6 is 0 Å². The Morgan fingerprint density at radius 2 is 2.24 bits per heavy atom. The van der Waals surface area contributed by atoms with Crippen LogP contribution in [0.2, 0.25) is 0 Å². The van der Waals surface area contributed by atoms with Gasteiger partial charge in [0.25, 0.3) is 0 Å². The predicted molar refractivity (Wildman–Crippen MR) is 85.8 cm³/mol. The zero-order chi connectivity index (χ0) is 15.2. The predicted octanol–water partition coefficient (Wildman–Crippen LogP) is 2.46. The first-order valence-corrected chi connectivity index (χ1v) is 7.97. The molecule has 1 aromatic carbocycles. The second-order valence-corrected chi connectivity index (χ2v) is 6.18. The Balaban J connectivity index is 1.94. The van der Waals surface area contributed by atoms with Gasteiger partial charge in [0.15, 0.2) is 0 Å². The molecule has 1 fully saturated rings. The summed E-state index contributed by atoms with van der Waals surface area (Å²) < 4.78 is 14.0. The average molecular weight is 293 g/mol. The normalized spacial score (nSPS) is 19.6. The highest BCUT2D eigenvalue weighted by Crippen LogP contribution is 2.18. The van der Waals surface area contributed by atoms with Crippen LogP contribution in [0.25, 0.3) is 0 Å². The van der Waals surface area contributed by atoms with Gasteiger partial charge in [-0.15, -0.1) is 0 Å². The summed E-state index contributed by atoms with van der Waals surface area (Å²) in [5.74, 6) is -0.0955. The standard InChI is InChI=1S/C17H28FN3/c1-4-19-11-14-7-8-17(18)15(10-14)12-20(2)13-16-6-5-9-21(16)3/h7-8,10,16,19H,4-6,9,11-13H2,1-3H3. The largest absolute Gasteiger partial charge is 0.313 e. The third-order valence-corrected chi connectivity index (χ3v) is 4.32. The molecule has 2 rings (SSSR count). The van der Waals surface area contributed by atoms with Crippen molar-refractivity contribution in [3.05, 3.63) is 35.1 Å². The van der Waals surface area contributed by atoms with Gasteiger partial charge in [-0.1, -0.05) is 19.1 Å². The van der Waals surface area contributed by atoms with E-state index in [-0.39, 0.29) is 5.82 Å². The molecule has 0 aliphatic carbocycles. The van der Waals surface area contributed by atoms with E-state index in [4.69, 9.17) is 0 Å². The van der Waals surface area contributed by atoms with E-state index in [1.54, 1.807) is 6.07 Å². The molecule has 1 aromatic rings. The number of likely N-dealkylation sites (N-methyl/N-ethyl adjacent to an activating group) is 2. The Morgan fingerprint density at radius 1 is 1.43 bits per heavy atom. The van der Waals surface area contributed by atoms with Gasteiger partial charge in [-0.05, 0) is 51.7 Å². The number of hydrogen-bond donors (Lipinski definition) is 1. The fraction of sp³-hybridized carbons (Fsp3) is 0.647. The van der Waals surface area contributed by atoms with Crippen LogP contribution in [0.15, 0.2) is 18.2 Å². The Labute approximate surface area is 128 Å². The van der Waals surface area contributed by atoms with Crippen LogP contribution in [0, 0.1) is 5.82 Å². The van der Waals surface area contributed by atoms with Crippen molar-refractivity contribution in [3.63, 3.8) is 0 Å². The summed E-state index contributed by atoms with van der Waals surface area (Å²) in [7, 11) is 4.27. The lowest BCUT2D eigenvalue weighted by Crippen LogP contribution is -2.36. The van der Waals surface area contributed by atoms with E-state index in [1.807, 2.05) is 12.1 Å². The van der Waals surface area contributed by atoms with Crippen molar-refractivity contribution in [2.24, 2.45) is 0 Å². The van der Waals surface area contributed by atoms with E-state index in [1.165, 1.54) is 19.4 Å². The van der Waals surface area contributed by atoms with E-state index in [0.717, 1.165) is 30.8 Å². The summed E-state index contributed by atoms with van der Waals surface area (Å²) in [6.07, 6.45) is 2.53. The molecule has 1 aliphatic rings. The lowest BCUT2D eigenvalue weighted by atomic mass is 10.1. The molecule has 0 spiro atoms. The van der Waals surface area contributed by atoms with Gasteiger partial charge in [-0.25, -0.2) is 4.39 Å². The zero-order valence-electron chi connectivity index (χ0n) is 13.5. The third kappa shape index (κ3) is 4.77. The quantitative estimate of drug-likeness (QED) is 0.833. The van der Waals surface area contributed by atoms with Crippen molar-refractivity contribution in [3.8, 4) is 0 Å². The first-order chi connectivity index (χ1) is 10.1. The number of rotatable bonds is 7. The van der Waals surface area contributed by atoms with Crippen LogP contribution < -0.4 is 5.32 Å². The molecular weight excluding hydrogens is 265 g/mol. The molecule has 0 bridgehead atoms. The fourth-order valence-electron chi connectivity index (χ4n) is 3.05. The van der Waals surface area contributed by atoms with Crippen molar-refractivity contribution in [2.45, 2.75) is 38.9 Å². The molecule has 1 atom stereocenters. The molecule has 3 nitrogen and oxygen atoms in total. The number of nitrogens with one attached hydrogen (secondary N) is 1. The summed E-state index contributed by atoms with van der Waals surface area (Å²) in [5, 5.41) is 3.29. The molecule has 1 N–H and O–H groups in total. The summed E-state index contributed by atoms with van der Waals surface area (Å²) in [4.78, 5) is 4.65. The Kier molecular flexibility index (Phi) is 6.15. The molecule has 1 heterocycles. The van der Waals surface area contributed by atoms with Gasteiger partial charge in [0.05, 0.1) is 0 Å². The van der Waals surface area contributed by atoms with Gasteiger partial charge in [0.2, 0.25) is 0 Å². The summed E-state index contributed by atoms with van der Waals surface area (Å²) >= 11 is 0. The molecule has 118 valence electrons. The second kappa shape index (κ2) is 7.87. The first kappa shape index (κ1) is 16.4. The zero-order valence-corrected chi connectivity index (χ0v) is 13.5. The highest BCUT2D eigenvalue weighted by molar-refractivity contribution is 5.25. The van der Waals surface area contributed by atoms with Crippen molar-refractivity contribution >= 4 is 0 Å². The van der Waals surface area contributed by atoms with Gasteiger partial charge in [0.1, 0.15) is 5.82 Å². The third-order valence-electron chi connectivity index (χ3n) is 4.32. The maximum Gasteiger partial charge on any atom is 0.127 e. The molecule has 21 heavy (non-hydrogen) atoms. The van der Waals surface area contributed by atoms with Crippen LogP contribution in [-0.2, 0) is 13.1 Å². The molecular formula is C17H28FN3. The van der Waals surface area contributed by atoms with Crippen molar-refractivity contribution in [1.29, 1.82) is 0 Å². The maximum absolute atomic E-state index is 14.0. The van der Waals surface area contributed by atoms with Crippen LogP contribution in [0.1, 0.15) is 30.9 Å². The molecule has 1 saturated heterocycles. The average Bonchev–Trinajstić information content (AvgIpc) is 2.85. The Bertz CT molecular complexity index is 450. The van der Waals surface area contributed by atoms with Crippen LogP contribution in [0.3, 0.4) is 0 Å². The van der Waals surface area contributed by atoms with Crippen molar-refractivity contribution in [1.82, 2.24) is 15.1 Å². The van der Waals surface area contributed by atoms with Gasteiger partial charge in [0, 0.05) is 31.2 Å².